The lowest BCUT2D eigenvalue weighted by atomic mass is 9.93. The molecule has 0 radical (unpaired) electrons. The predicted molar refractivity (Wildman–Crippen MR) is 154 cm³/mol. The topological polar surface area (TPSA) is 111 Å². The average molecular weight is 542 g/mol. The first-order valence-electron chi connectivity index (χ1n) is 14.4. The summed E-state index contributed by atoms with van der Waals surface area (Å²) in [7, 11) is 1.70. The quantitative estimate of drug-likeness (QED) is 0.282. The zero-order valence-corrected chi connectivity index (χ0v) is 23.7. The Labute approximate surface area is 235 Å². The highest BCUT2D eigenvalue weighted by Gasteiger charge is 2.23. The molecule has 210 valence electrons. The molecule has 1 aliphatic carbocycles. The molecule has 9 heteroatoms. The van der Waals surface area contributed by atoms with Gasteiger partial charge in [0.15, 0.2) is 5.82 Å². The van der Waals surface area contributed by atoms with Crippen LogP contribution in [0.25, 0.3) is 5.52 Å². The summed E-state index contributed by atoms with van der Waals surface area (Å²) >= 11 is 0. The number of rotatable bonds is 11. The minimum Gasteiger partial charge on any atom is -0.331 e. The van der Waals surface area contributed by atoms with E-state index in [4.69, 9.17) is 5.73 Å². The van der Waals surface area contributed by atoms with Crippen LogP contribution in [-0.4, -0.2) is 53.8 Å². The Morgan fingerprint density at radius 3 is 2.48 bits per heavy atom. The standard InChI is InChI=1S/C31H39N7O2/c1-4-22-18-26-19-25(31(40)37(5-2)20-28-33-35-36(3)34-28)16-17-38(26)29(22)30(39)24-13-10-21(11-14-24)12-15-27(32)23-8-6-7-9-23/h10-11,13-14,16-19,23,27H,4-9,12,15,20,32H2,1-3H3. The number of amides is 1. The molecular weight excluding hydrogens is 502 g/mol. The van der Waals surface area contributed by atoms with Gasteiger partial charge in [-0.15, -0.1) is 10.2 Å². The lowest BCUT2D eigenvalue weighted by Crippen LogP contribution is -2.31. The van der Waals surface area contributed by atoms with Crippen LogP contribution < -0.4 is 5.73 Å². The Morgan fingerprint density at radius 2 is 1.82 bits per heavy atom. The molecule has 0 bridgehead atoms. The van der Waals surface area contributed by atoms with Gasteiger partial charge in [0.1, 0.15) is 0 Å². The highest BCUT2D eigenvalue weighted by molar-refractivity contribution is 6.10. The normalized spacial score (nSPS) is 14.6. The van der Waals surface area contributed by atoms with Gasteiger partial charge in [-0.2, -0.15) is 4.80 Å². The van der Waals surface area contributed by atoms with Crippen molar-refractivity contribution in [2.24, 2.45) is 18.7 Å². The monoisotopic (exact) mass is 541 g/mol. The average Bonchev–Trinajstić information content (AvgIpc) is 3.74. The Kier molecular flexibility index (Phi) is 8.40. The van der Waals surface area contributed by atoms with Crippen molar-refractivity contribution in [1.82, 2.24) is 29.5 Å². The molecule has 3 heterocycles. The van der Waals surface area contributed by atoms with E-state index in [1.165, 1.54) is 36.0 Å². The number of pyridine rings is 1. The molecule has 40 heavy (non-hydrogen) atoms. The number of nitrogens with two attached hydrogens (primary N) is 1. The number of carbonyl (C=O) groups excluding carboxylic acids is 2. The maximum absolute atomic E-state index is 13.7. The van der Waals surface area contributed by atoms with Crippen LogP contribution in [0.3, 0.4) is 0 Å². The van der Waals surface area contributed by atoms with Crippen molar-refractivity contribution in [3.05, 3.63) is 82.4 Å². The van der Waals surface area contributed by atoms with E-state index in [1.54, 1.807) is 18.0 Å². The van der Waals surface area contributed by atoms with E-state index in [9.17, 15) is 9.59 Å². The first-order chi connectivity index (χ1) is 19.4. The highest BCUT2D eigenvalue weighted by Crippen LogP contribution is 2.29. The second-order valence-electron chi connectivity index (χ2n) is 10.9. The summed E-state index contributed by atoms with van der Waals surface area (Å²) < 4.78 is 1.90. The van der Waals surface area contributed by atoms with Gasteiger partial charge in [0.05, 0.1) is 19.3 Å². The zero-order valence-electron chi connectivity index (χ0n) is 23.7. The van der Waals surface area contributed by atoms with Crippen LogP contribution in [0.15, 0.2) is 48.7 Å². The third-order valence-electron chi connectivity index (χ3n) is 8.23. The minimum atomic E-state index is -0.118. The molecular formula is C31H39N7O2. The fourth-order valence-electron chi connectivity index (χ4n) is 5.87. The molecule has 1 saturated carbocycles. The number of fused-ring (bicyclic) bond motifs is 1. The summed E-state index contributed by atoms with van der Waals surface area (Å²) in [6.07, 6.45) is 9.56. The largest absolute Gasteiger partial charge is 0.331 e. The summed E-state index contributed by atoms with van der Waals surface area (Å²) in [5, 5.41) is 12.0. The predicted octanol–water partition coefficient (Wildman–Crippen LogP) is 4.37. The van der Waals surface area contributed by atoms with Crippen molar-refractivity contribution in [3.63, 3.8) is 0 Å². The maximum atomic E-state index is 13.7. The van der Waals surface area contributed by atoms with Gasteiger partial charge in [-0.1, -0.05) is 44.0 Å². The van der Waals surface area contributed by atoms with Crippen LogP contribution in [0, 0.1) is 5.92 Å². The van der Waals surface area contributed by atoms with E-state index in [1.807, 2.05) is 48.7 Å². The van der Waals surface area contributed by atoms with E-state index in [-0.39, 0.29) is 24.3 Å². The SMILES string of the molecule is CCc1cc2cc(C(=O)N(CC)Cc3nnn(C)n3)ccn2c1C(=O)c1ccc(CCC(N)C2CCCC2)cc1. The molecule has 2 N–H and O–H groups in total. The van der Waals surface area contributed by atoms with Crippen LogP contribution in [-0.2, 0) is 26.4 Å². The van der Waals surface area contributed by atoms with Gasteiger partial charge < -0.3 is 15.0 Å². The minimum absolute atomic E-state index is 0.0194. The first kappa shape index (κ1) is 27.7. The molecule has 1 amide bonds. The molecule has 1 fully saturated rings. The zero-order chi connectivity index (χ0) is 28.2. The molecule has 0 spiro atoms. The fourth-order valence-corrected chi connectivity index (χ4v) is 5.87. The van der Waals surface area contributed by atoms with Crippen LogP contribution in [0.1, 0.15) is 89.3 Å². The molecule has 1 aromatic carbocycles. The summed E-state index contributed by atoms with van der Waals surface area (Å²) in [5.74, 6) is 1.01. The van der Waals surface area contributed by atoms with E-state index in [2.05, 4.69) is 27.5 Å². The summed E-state index contributed by atoms with van der Waals surface area (Å²) in [5.41, 5.74) is 11.3. The Morgan fingerprint density at radius 1 is 1.07 bits per heavy atom. The molecule has 0 saturated heterocycles. The number of carbonyl (C=O) groups is 2. The van der Waals surface area contributed by atoms with Gasteiger partial charge in [-0.3, -0.25) is 9.59 Å². The molecule has 1 unspecified atom stereocenters. The molecule has 1 aliphatic rings. The van der Waals surface area contributed by atoms with E-state index < -0.39 is 0 Å². The summed E-state index contributed by atoms with van der Waals surface area (Å²) in [6.45, 7) is 4.75. The molecule has 0 aliphatic heterocycles. The Hall–Kier alpha value is -3.85. The van der Waals surface area contributed by atoms with Crippen LogP contribution in [0.5, 0.6) is 0 Å². The van der Waals surface area contributed by atoms with Crippen molar-refractivity contribution < 1.29 is 9.59 Å². The van der Waals surface area contributed by atoms with Gasteiger partial charge in [0.25, 0.3) is 5.91 Å². The third-order valence-corrected chi connectivity index (χ3v) is 8.23. The van der Waals surface area contributed by atoms with Crippen molar-refractivity contribution in [3.8, 4) is 0 Å². The second kappa shape index (κ2) is 12.1. The number of tetrazole rings is 1. The smallest absolute Gasteiger partial charge is 0.254 e. The molecule has 9 nitrogen and oxygen atoms in total. The number of ketones is 1. The number of hydrogen-bond donors (Lipinski definition) is 1. The Bertz CT molecular complexity index is 1480. The third kappa shape index (κ3) is 5.84. The van der Waals surface area contributed by atoms with E-state index in [0.717, 1.165) is 23.9 Å². The fraction of sp³-hybridized carbons (Fsp3) is 0.452. The van der Waals surface area contributed by atoms with Crippen molar-refractivity contribution in [1.29, 1.82) is 0 Å². The van der Waals surface area contributed by atoms with Crippen LogP contribution in [0.2, 0.25) is 0 Å². The second-order valence-corrected chi connectivity index (χ2v) is 10.9. The van der Waals surface area contributed by atoms with E-state index in [0.29, 0.717) is 41.5 Å². The number of aryl methyl sites for hydroxylation is 3. The molecule has 5 rings (SSSR count). The molecule has 3 aromatic heterocycles. The van der Waals surface area contributed by atoms with Gasteiger partial charge in [0, 0.05) is 35.4 Å². The van der Waals surface area contributed by atoms with Crippen molar-refractivity contribution >= 4 is 17.2 Å². The lowest BCUT2D eigenvalue weighted by Gasteiger charge is -2.19. The molecule has 4 aromatic rings. The van der Waals surface area contributed by atoms with E-state index >= 15 is 0 Å². The number of hydrogen-bond acceptors (Lipinski definition) is 6. The highest BCUT2D eigenvalue weighted by atomic mass is 16.2. The van der Waals surface area contributed by atoms with Gasteiger partial charge in [-0.05, 0) is 79.5 Å². The number of nitrogens with zero attached hydrogens (tertiary/aromatic N) is 6. The van der Waals surface area contributed by atoms with Gasteiger partial charge in [0.2, 0.25) is 5.78 Å². The van der Waals surface area contributed by atoms with Gasteiger partial charge >= 0.3 is 0 Å². The van der Waals surface area contributed by atoms with Crippen LogP contribution in [0.4, 0.5) is 0 Å². The Balaban J connectivity index is 1.32. The number of benzene rings is 1. The molecule has 1 atom stereocenters. The summed E-state index contributed by atoms with van der Waals surface area (Å²) in [4.78, 5) is 30.1. The number of aromatic nitrogens is 5. The van der Waals surface area contributed by atoms with Gasteiger partial charge in [-0.25, -0.2) is 0 Å². The lowest BCUT2D eigenvalue weighted by molar-refractivity contribution is 0.0748. The van der Waals surface area contributed by atoms with Crippen molar-refractivity contribution in [2.75, 3.05) is 6.54 Å². The van der Waals surface area contributed by atoms with Crippen LogP contribution >= 0.6 is 0 Å². The van der Waals surface area contributed by atoms with Crippen molar-refractivity contribution in [2.45, 2.75) is 71.4 Å². The maximum Gasteiger partial charge on any atom is 0.254 e. The summed E-state index contributed by atoms with van der Waals surface area (Å²) in [6, 6.07) is 13.8. The first-order valence-corrected chi connectivity index (χ1v) is 14.4.